The van der Waals surface area contributed by atoms with Gasteiger partial charge in [0.15, 0.2) is 5.78 Å². The molecule has 0 aliphatic heterocycles. The quantitative estimate of drug-likeness (QED) is 0.261. The molecule has 0 bridgehead atoms. The molecule has 3 rings (SSSR count). The minimum Gasteiger partial charge on any atom is -0.349 e. The maximum atomic E-state index is 12.9. The van der Waals surface area contributed by atoms with Gasteiger partial charge in [-0.15, -0.1) is 0 Å². The number of hydrogen-bond acceptors (Lipinski definition) is 6. The zero-order valence-corrected chi connectivity index (χ0v) is 24.0. The third-order valence-electron chi connectivity index (χ3n) is 6.40. The van der Waals surface area contributed by atoms with E-state index in [-0.39, 0.29) is 42.8 Å². The van der Waals surface area contributed by atoms with Gasteiger partial charge in [-0.2, -0.15) is 0 Å². The minimum absolute atomic E-state index is 0.108. The lowest BCUT2D eigenvalue weighted by Crippen LogP contribution is -2.49. The number of ketones is 1. The number of hydrogen-bond donors (Lipinski definition) is 3. The highest BCUT2D eigenvalue weighted by Gasteiger charge is 2.23. The lowest BCUT2D eigenvalue weighted by atomic mass is 10.0. The second kappa shape index (κ2) is 16.0. The molecule has 2 heterocycles. The molecule has 0 aliphatic carbocycles. The Bertz CT molecular complexity index is 1310. The number of pyridine rings is 2. The van der Waals surface area contributed by atoms with Crippen LogP contribution in [0.4, 0.5) is 0 Å². The predicted octanol–water partition coefficient (Wildman–Crippen LogP) is 3.67. The van der Waals surface area contributed by atoms with E-state index in [1.54, 1.807) is 18.5 Å². The summed E-state index contributed by atoms with van der Waals surface area (Å²) in [4.78, 5) is 59.0. The Labute approximate surface area is 241 Å². The summed E-state index contributed by atoms with van der Waals surface area (Å²) in [5.41, 5.74) is 3.80. The van der Waals surface area contributed by atoms with Gasteiger partial charge in [-0.25, -0.2) is 0 Å². The zero-order chi connectivity index (χ0) is 29.6. The molecular weight excluding hydrogens is 518 g/mol. The van der Waals surface area contributed by atoms with Crippen molar-refractivity contribution in [3.8, 4) is 11.3 Å². The fourth-order valence-corrected chi connectivity index (χ4v) is 4.21. The van der Waals surface area contributed by atoms with E-state index in [1.165, 1.54) is 0 Å². The highest BCUT2D eigenvalue weighted by molar-refractivity contribution is 5.97. The molecule has 0 saturated heterocycles. The van der Waals surface area contributed by atoms with Crippen molar-refractivity contribution < 1.29 is 19.2 Å². The van der Waals surface area contributed by atoms with Crippen LogP contribution in [0.3, 0.4) is 0 Å². The van der Waals surface area contributed by atoms with Crippen molar-refractivity contribution in [2.24, 2.45) is 5.92 Å². The van der Waals surface area contributed by atoms with Crippen molar-refractivity contribution in [3.63, 3.8) is 0 Å². The Morgan fingerprint density at radius 2 is 1.68 bits per heavy atom. The van der Waals surface area contributed by atoms with E-state index in [0.29, 0.717) is 6.42 Å². The van der Waals surface area contributed by atoms with Crippen LogP contribution >= 0.6 is 0 Å². The summed E-state index contributed by atoms with van der Waals surface area (Å²) in [6.45, 7) is 5.53. The van der Waals surface area contributed by atoms with Gasteiger partial charge in [-0.05, 0) is 60.6 Å². The molecule has 3 N–H and O–H groups in total. The smallest absolute Gasteiger partial charge is 0.270 e. The summed E-state index contributed by atoms with van der Waals surface area (Å²) in [6.07, 6.45) is 6.93. The van der Waals surface area contributed by atoms with Crippen molar-refractivity contribution >= 4 is 23.5 Å². The average molecular weight is 558 g/mol. The average Bonchev–Trinajstić information content (AvgIpc) is 2.98. The molecule has 0 saturated carbocycles. The summed E-state index contributed by atoms with van der Waals surface area (Å²) in [5, 5.41) is 7.95. The number of rotatable bonds is 15. The van der Waals surface area contributed by atoms with Gasteiger partial charge in [0.2, 0.25) is 11.8 Å². The molecule has 0 spiro atoms. The molecular formula is C32H39N5O4. The van der Waals surface area contributed by atoms with Crippen LogP contribution in [-0.4, -0.2) is 52.6 Å². The molecule has 0 fully saturated rings. The number of nitrogens with zero attached hydrogens (tertiary/aromatic N) is 2. The van der Waals surface area contributed by atoms with Crippen LogP contribution < -0.4 is 16.0 Å². The van der Waals surface area contributed by atoms with Crippen LogP contribution in [0.15, 0.2) is 67.0 Å². The molecule has 2 aromatic heterocycles. The standard InChI is InChI=1S/C32H39N5O4/c1-4-5-9-23-13-14-28(34-19-23)32(41)37-29(16-22(2)3)31(40)36-21-26(38)20-35-30(39)18-24-10-8-11-25(17-24)27-12-6-7-15-33-27/h6-8,10-15,17,19,22,29H,4-5,9,16,18,20-21H2,1-3H3,(H,35,39)(H,36,40)(H,37,41). The number of nitrogens with one attached hydrogen (secondary N) is 3. The lowest BCUT2D eigenvalue weighted by Gasteiger charge is -2.20. The fourth-order valence-electron chi connectivity index (χ4n) is 4.21. The first-order valence-corrected chi connectivity index (χ1v) is 14.1. The van der Waals surface area contributed by atoms with Crippen LogP contribution in [0.25, 0.3) is 11.3 Å². The molecule has 3 aromatic rings. The maximum absolute atomic E-state index is 12.9. The van der Waals surface area contributed by atoms with Gasteiger partial charge >= 0.3 is 0 Å². The van der Waals surface area contributed by atoms with Crippen molar-refractivity contribution in [2.45, 2.75) is 58.9 Å². The van der Waals surface area contributed by atoms with E-state index in [1.807, 2.05) is 62.4 Å². The third-order valence-corrected chi connectivity index (χ3v) is 6.40. The number of amides is 3. The summed E-state index contributed by atoms with van der Waals surface area (Å²) >= 11 is 0. The van der Waals surface area contributed by atoms with Gasteiger partial charge in [0.1, 0.15) is 11.7 Å². The number of Topliss-reactive ketones (excluding diaryl/α,β-unsaturated/α-hetero) is 1. The largest absolute Gasteiger partial charge is 0.349 e. The highest BCUT2D eigenvalue weighted by Crippen LogP contribution is 2.18. The second-order valence-corrected chi connectivity index (χ2v) is 10.4. The van der Waals surface area contributed by atoms with Crippen molar-refractivity contribution in [2.75, 3.05) is 13.1 Å². The summed E-state index contributed by atoms with van der Waals surface area (Å²) < 4.78 is 0. The first kappa shape index (κ1) is 31.1. The zero-order valence-electron chi connectivity index (χ0n) is 24.0. The minimum atomic E-state index is -0.821. The topological polar surface area (TPSA) is 130 Å². The van der Waals surface area contributed by atoms with Gasteiger partial charge in [0.05, 0.1) is 25.2 Å². The molecule has 216 valence electrons. The van der Waals surface area contributed by atoms with Crippen LogP contribution in [0.2, 0.25) is 0 Å². The molecule has 0 aliphatic rings. The van der Waals surface area contributed by atoms with E-state index in [9.17, 15) is 19.2 Å². The van der Waals surface area contributed by atoms with Crippen molar-refractivity contribution in [1.29, 1.82) is 0 Å². The SMILES string of the molecule is CCCCc1ccc(C(=O)NC(CC(C)C)C(=O)NCC(=O)CNC(=O)Cc2cccc(-c3ccccn3)c2)nc1. The van der Waals surface area contributed by atoms with E-state index >= 15 is 0 Å². The number of carbonyl (C=O) groups excluding carboxylic acids is 4. The highest BCUT2D eigenvalue weighted by atomic mass is 16.2. The lowest BCUT2D eigenvalue weighted by molar-refractivity contribution is -0.127. The Morgan fingerprint density at radius 3 is 2.37 bits per heavy atom. The van der Waals surface area contributed by atoms with Crippen LogP contribution in [-0.2, 0) is 27.2 Å². The predicted molar refractivity (Wildman–Crippen MR) is 158 cm³/mol. The number of benzene rings is 1. The van der Waals surface area contributed by atoms with E-state index in [4.69, 9.17) is 0 Å². The molecule has 1 atom stereocenters. The normalized spacial score (nSPS) is 11.5. The maximum Gasteiger partial charge on any atom is 0.270 e. The Kier molecular flexibility index (Phi) is 12.2. The molecule has 1 unspecified atom stereocenters. The fraction of sp³-hybridized carbons (Fsp3) is 0.375. The summed E-state index contributed by atoms with van der Waals surface area (Å²) in [7, 11) is 0. The Hall–Kier alpha value is -4.40. The number of aromatic nitrogens is 2. The van der Waals surface area contributed by atoms with Crippen LogP contribution in [0.1, 0.15) is 61.6 Å². The number of unbranched alkanes of at least 4 members (excludes halogenated alkanes) is 1. The van der Waals surface area contributed by atoms with Crippen molar-refractivity contribution in [1.82, 2.24) is 25.9 Å². The van der Waals surface area contributed by atoms with E-state index in [2.05, 4.69) is 32.8 Å². The van der Waals surface area contributed by atoms with E-state index < -0.39 is 17.9 Å². The monoisotopic (exact) mass is 557 g/mol. The first-order chi connectivity index (χ1) is 19.7. The third kappa shape index (κ3) is 10.6. The Morgan fingerprint density at radius 1 is 0.878 bits per heavy atom. The molecule has 9 nitrogen and oxygen atoms in total. The van der Waals surface area contributed by atoms with Crippen molar-refractivity contribution in [3.05, 3.63) is 83.8 Å². The number of aryl methyl sites for hydroxylation is 1. The molecule has 0 radical (unpaired) electrons. The molecule has 1 aromatic carbocycles. The first-order valence-electron chi connectivity index (χ1n) is 14.1. The van der Waals surface area contributed by atoms with Gasteiger partial charge in [0, 0.05) is 18.0 Å². The van der Waals surface area contributed by atoms with E-state index in [0.717, 1.165) is 41.6 Å². The van der Waals surface area contributed by atoms with Gasteiger partial charge in [0.25, 0.3) is 5.91 Å². The molecule has 9 heteroatoms. The molecule has 3 amide bonds. The van der Waals surface area contributed by atoms with Gasteiger partial charge < -0.3 is 16.0 Å². The number of carbonyl (C=O) groups is 4. The summed E-state index contributed by atoms with van der Waals surface area (Å²) in [5.74, 6) is -1.44. The second-order valence-electron chi connectivity index (χ2n) is 10.4. The van der Waals surface area contributed by atoms with Gasteiger partial charge in [-0.1, -0.05) is 57.5 Å². The molecule has 41 heavy (non-hydrogen) atoms. The van der Waals surface area contributed by atoms with Crippen LogP contribution in [0, 0.1) is 5.92 Å². The Balaban J connectivity index is 1.46. The van der Waals surface area contributed by atoms with Gasteiger partial charge in [-0.3, -0.25) is 29.1 Å². The van der Waals surface area contributed by atoms with Crippen LogP contribution in [0.5, 0.6) is 0 Å². The summed E-state index contributed by atoms with van der Waals surface area (Å²) in [6, 6.07) is 15.9.